The van der Waals surface area contributed by atoms with Crippen molar-refractivity contribution in [2.45, 2.75) is 6.92 Å². The fraction of sp³-hybridized carbons (Fsp3) is 0.200. The van der Waals surface area contributed by atoms with E-state index < -0.39 is 5.97 Å². The molecule has 134 valence electrons. The Kier molecular flexibility index (Phi) is 5.53. The average molecular weight is 370 g/mol. The maximum Gasteiger partial charge on any atom is 0.344 e. The fourth-order valence-corrected chi connectivity index (χ4v) is 3.64. The summed E-state index contributed by atoms with van der Waals surface area (Å²) >= 11 is 1.41. The molecular formula is C20H18O5S. The monoisotopic (exact) mass is 370 g/mol. The van der Waals surface area contributed by atoms with Gasteiger partial charge in [-0.25, -0.2) is 4.79 Å². The summed E-state index contributed by atoms with van der Waals surface area (Å²) < 4.78 is 16.5. The van der Waals surface area contributed by atoms with E-state index in [2.05, 4.69) is 0 Å². The first-order valence-electron chi connectivity index (χ1n) is 8.02. The molecule has 0 aliphatic carbocycles. The van der Waals surface area contributed by atoms with Gasteiger partial charge in [-0.15, -0.1) is 11.3 Å². The number of ether oxygens (including phenoxy) is 3. The van der Waals surface area contributed by atoms with Crippen molar-refractivity contribution in [3.05, 3.63) is 59.0 Å². The van der Waals surface area contributed by atoms with Crippen molar-refractivity contribution in [1.29, 1.82) is 0 Å². The Morgan fingerprint density at radius 2 is 1.65 bits per heavy atom. The number of esters is 1. The first kappa shape index (κ1) is 17.9. The molecule has 0 bridgehead atoms. The van der Waals surface area contributed by atoms with E-state index in [0.717, 1.165) is 15.6 Å². The highest BCUT2D eigenvalue weighted by atomic mass is 32.1. The van der Waals surface area contributed by atoms with Crippen molar-refractivity contribution in [2.24, 2.45) is 0 Å². The molecule has 1 aromatic heterocycles. The molecule has 0 unspecified atom stereocenters. The van der Waals surface area contributed by atoms with E-state index in [1.165, 1.54) is 11.3 Å². The normalized spacial score (nSPS) is 10.5. The van der Waals surface area contributed by atoms with Gasteiger partial charge in [0.25, 0.3) is 0 Å². The summed E-state index contributed by atoms with van der Waals surface area (Å²) in [6, 6.07) is 14.7. The van der Waals surface area contributed by atoms with Gasteiger partial charge >= 0.3 is 5.97 Å². The van der Waals surface area contributed by atoms with Crippen LogP contribution in [0, 0.1) is 6.92 Å². The van der Waals surface area contributed by atoms with E-state index in [9.17, 15) is 9.59 Å². The van der Waals surface area contributed by atoms with Crippen LogP contribution in [0.25, 0.3) is 10.1 Å². The highest BCUT2D eigenvalue weighted by Gasteiger charge is 2.17. The number of thiophene rings is 1. The molecule has 0 aliphatic rings. The lowest BCUT2D eigenvalue weighted by atomic mass is 10.1. The van der Waals surface area contributed by atoms with Crippen LogP contribution in [0.1, 0.15) is 15.2 Å². The molecule has 0 N–H and O–H groups in total. The van der Waals surface area contributed by atoms with Gasteiger partial charge in [-0.1, -0.05) is 18.2 Å². The van der Waals surface area contributed by atoms with E-state index in [4.69, 9.17) is 14.2 Å². The van der Waals surface area contributed by atoms with Crippen LogP contribution < -0.4 is 9.47 Å². The zero-order valence-electron chi connectivity index (χ0n) is 14.5. The van der Waals surface area contributed by atoms with Crippen LogP contribution in [0.5, 0.6) is 11.5 Å². The Hall–Kier alpha value is -2.86. The number of benzene rings is 2. The third-order valence-electron chi connectivity index (χ3n) is 3.88. The average Bonchev–Trinajstić information content (AvgIpc) is 3.02. The van der Waals surface area contributed by atoms with Crippen molar-refractivity contribution in [1.82, 2.24) is 0 Å². The molecule has 3 rings (SSSR count). The molecule has 2 aromatic carbocycles. The summed E-state index contributed by atoms with van der Waals surface area (Å²) in [6.45, 7) is 1.35. The highest BCUT2D eigenvalue weighted by molar-refractivity contribution is 7.21. The van der Waals surface area contributed by atoms with E-state index in [1.54, 1.807) is 31.4 Å². The van der Waals surface area contributed by atoms with Gasteiger partial charge in [-0.05, 0) is 48.2 Å². The molecule has 0 saturated carbocycles. The minimum Gasteiger partial charge on any atom is -0.497 e. The molecular weight excluding hydrogens is 352 g/mol. The summed E-state index contributed by atoms with van der Waals surface area (Å²) in [5.41, 5.74) is 0.918. The maximum atomic E-state index is 12.4. The predicted octanol–water partition coefficient (Wildman–Crippen LogP) is 4.02. The number of aryl methyl sites for hydroxylation is 1. The van der Waals surface area contributed by atoms with Gasteiger partial charge in [-0.2, -0.15) is 0 Å². The molecule has 5 nitrogen and oxygen atoms in total. The Morgan fingerprint density at radius 3 is 2.35 bits per heavy atom. The number of fused-ring (bicyclic) bond motifs is 1. The largest absolute Gasteiger partial charge is 0.497 e. The molecule has 0 aliphatic heterocycles. The number of ketones is 1. The van der Waals surface area contributed by atoms with E-state index in [1.807, 2.05) is 31.2 Å². The number of methoxy groups -OCH3 is 1. The van der Waals surface area contributed by atoms with Crippen LogP contribution in [0.4, 0.5) is 0 Å². The van der Waals surface area contributed by atoms with Crippen LogP contribution in [0.3, 0.4) is 0 Å². The lowest BCUT2D eigenvalue weighted by Gasteiger charge is -2.07. The van der Waals surface area contributed by atoms with Gasteiger partial charge in [0.15, 0.2) is 13.2 Å². The zero-order chi connectivity index (χ0) is 18.5. The molecule has 0 amide bonds. The molecule has 3 aromatic rings. The predicted molar refractivity (Wildman–Crippen MR) is 100 cm³/mol. The number of carbonyl (C=O) groups is 2. The van der Waals surface area contributed by atoms with Crippen LogP contribution >= 0.6 is 11.3 Å². The van der Waals surface area contributed by atoms with E-state index in [-0.39, 0.29) is 19.0 Å². The van der Waals surface area contributed by atoms with Crippen LogP contribution in [0.2, 0.25) is 0 Å². The Morgan fingerprint density at radius 1 is 0.962 bits per heavy atom. The van der Waals surface area contributed by atoms with E-state index in [0.29, 0.717) is 16.4 Å². The van der Waals surface area contributed by atoms with Gasteiger partial charge in [-0.3, -0.25) is 4.79 Å². The second-order valence-electron chi connectivity index (χ2n) is 5.60. The smallest absolute Gasteiger partial charge is 0.344 e. The second kappa shape index (κ2) is 8.01. The summed E-state index contributed by atoms with van der Waals surface area (Å²) in [4.78, 5) is 24.8. The van der Waals surface area contributed by atoms with Gasteiger partial charge in [0.2, 0.25) is 5.78 Å². The standard InChI is InChI=1S/C20H18O5S/c1-13-16-5-3-4-6-18(16)26-20(13)17(21)11-25-19(22)12-24-15-9-7-14(23-2)8-10-15/h3-10H,11-12H2,1-2H3. The summed E-state index contributed by atoms with van der Waals surface area (Å²) in [5, 5.41) is 1.05. The number of hydrogen-bond acceptors (Lipinski definition) is 6. The third-order valence-corrected chi connectivity index (χ3v) is 5.19. The molecule has 0 saturated heterocycles. The molecule has 0 atom stereocenters. The van der Waals surface area contributed by atoms with Gasteiger partial charge in [0.1, 0.15) is 11.5 Å². The fourth-order valence-electron chi connectivity index (χ4n) is 2.51. The SMILES string of the molecule is COc1ccc(OCC(=O)OCC(=O)c2sc3ccccc3c2C)cc1. The third kappa shape index (κ3) is 4.03. The molecule has 26 heavy (non-hydrogen) atoms. The summed E-state index contributed by atoms with van der Waals surface area (Å²) in [6.07, 6.45) is 0. The number of hydrogen-bond donors (Lipinski definition) is 0. The van der Waals surface area contributed by atoms with Crippen molar-refractivity contribution in [2.75, 3.05) is 20.3 Å². The Bertz CT molecular complexity index is 927. The van der Waals surface area contributed by atoms with Crippen molar-refractivity contribution in [3.8, 4) is 11.5 Å². The Labute approximate surface area is 155 Å². The minimum absolute atomic E-state index is 0.207. The number of carbonyl (C=O) groups excluding carboxylic acids is 2. The van der Waals surface area contributed by atoms with E-state index >= 15 is 0 Å². The quantitative estimate of drug-likeness (QED) is 0.464. The van der Waals surface area contributed by atoms with Crippen molar-refractivity contribution < 1.29 is 23.8 Å². The molecule has 0 radical (unpaired) electrons. The second-order valence-corrected chi connectivity index (χ2v) is 6.65. The molecule has 6 heteroatoms. The van der Waals surface area contributed by atoms with Crippen LogP contribution in [-0.4, -0.2) is 32.1 Å². The highest BCUT2D eigenvalue weighted by Crippen LogP contribution is 2.30. The maximum absolute atomic E-state index is 12.4. The van der Waals surface area contributed by atoms with Crippen molar-refractivity contribution in [3.63, 3.8) is 0 Å². The van der Waals surface area contributed by atoms with Gasteiger partial charge < -0.3 is 14.2 Å². The Balaban J connectivity index is 1.53. The number of Topliss-reactive ketones (excluding diaryl/α,β-unsaturated/α-hetero) is 1. The summed E-state index contributed by atoms with van der Waals surface area (Å²) in [5.74, 6) is 0.424. The van der Waals surface area contributed by atoms with Gasteiger partial charge in [0, 0.05) is 4.70 Å². The topological polar surface area (TPSA) is 61.8 Å². The first-order valence-corrected chi connectivity index (χ1v) is 8.84. The molecule has 1 heterocycles. The number of rotatable bonds is 7. The first-order chi connectivity index (χ1) is 12.6. The minimum atomic E-state index is -0.590. The summed E-state index contributed by atoms with van der Waals surface area (Å²) in [7, 11) is 1.57. The zero-order valence-corrected chi connectivity index (χ0v) is 15.3. The van der Waals surface area contributed by atoms with Crippen LogP contribution in [0.15, 0.2) is 48.5 Å². The lowest BCUT2D eigenvalue weighted by Crippen LogP contribution is -2.19. The van der Waals surface area contributed by atoms with Gasteiger partial charge in [0.05, 0.1) is 12.0 Å². The molecule has 0 fully saturated rings. The van der Waals surface area contributed by atoms with Crippen molar-refractivity contribution >= 4 is 33.2 Å². The van der Waals surface area contributed by atoms with Crippen LogP contribution in [-0.2, 0) is 9.53 Å². The lowest BCUT2D eigenvalue weighted by molar-refractivity contribution is -0.144. The molecule has 0 spiro atoms.